The van der Waals surface area contributed by atoms with E-state index in [1.807, 2.05) is 12.1 Å². The van der Waals surface area contributed by atoms with Gasteiger partial charge >= 0.3 is 0 Å². The molecule has 0 aromatic heterocycles. The van der Waals surface area contributed by atoms with Crippen LogP contribution in [0.15, 0.2) is 29.3 Å². The maximum absolute atomic E-state index is 5.70. The van der Waals surface area contributed by atoms with Gasteiger partial charge in [0.05, 0.1) is 6.61 Å². The highest BCUT2D eigenvalue weighted by Crippen LogP contribution is 2.28. The summed E-state index contributed by atoms with van der Waals surface area (Å²) in [7, 11) is 0. The van der Waals surface area contributed by atoms with Crippen LogP contribution in [0.1, 0.15) is 32.3 Å². The summed E-state index contributed by atoms with van der Waals surface area (Å²) in [6.07, 6.45) is 2.17. The van der Waals surface area contributed by atoms with Crippen molar-refractivity contribution >= 4 is 29.9 Å². The Morgan fingerprint density at radius 3 is 2.59 bits per heavy atom. The average Bonchev–Trinajstić information content (AvgIpc) is 3.16. The molecule has 2 N–H and O–H groups in total. The van der Waals surface area contributed by atoms with E-state index in [1.165, 1.54) is 12.0 Å². The van der Waals surface area contributed by atoms with E-state index in [0.29, 0.717) is 12.6 Å². The van der Waals surface area contributed by atoms with E-state index >= 15 is 0 Å². The molecule has 0 bridgehead atoms. The molecule has 1 aromatic rings. The molecule has 5 heteroatoms. The Hall–Kier alpha value is -0.980. The molecular weight excluding hydrogens is 389 g/mol. The predicted octanol–water partition coefficient (Wildman–Crippen LogP) is 3.35. The van der Waals surface area contributed by atoms with Crippen LogP contribution >= 0.6 is 24.0 Å². The van der Waals surface area contributed by atoms with Gasteiger partial charge in [-0.2, -0.15) is 0 Å². The Labute approximate surface area is 151 Å². The van der Waals surface area contributed by atoms with E-state index < -0.39 is 0 Å². The Kier molecular flexibility index (Phi) is 8.60. The molecule has 1 aliphatic rings. The molecule has 124 valence electrons. The van der Waals surface area contributed by atoms with Gasteiger partial charge in [0, 0.05) is 25.6 Å². The van der Waals surface area contributed by atoms with Crippen LogP contribution in [0.2, 0.25) is 0 Å². The lowest BCUT2D eigenvalue weighted by molar-refractivity contribution is 0.313. The summed E-state index contributed by atoms with van der Waals surface area (Å²) < 4.78 is 5.70. The number of hydrogen-bond acceptors (Lipinski definition) is 2. The van der Waals surface area contributed by atoms with Crippen molar-refractivity contribution in [2.45, 2.75) is 39.7 Å². The second-order valence-electron chi connectivity index (χ2n) is 5.74. The SMILES string of the molecule is CCNC(=NCCCOc1ccc(C)cc1)NC1CC1C.I. The van der Waals surface area contributed by atoms with Crippen LogP contribution in [-0.2, 0) is 0 Å². The lowest BCUT2D eigenvalue weighted by Crippen LogP contribution is -2.39. The highest BCUT2D eigenvalue weighted by molar-refractivity contribution is 14.0. The zero-order chi connectivity index (χ0) is 15.1. The fourth-order valence-corrected chi connectivity index (χ4v) is 2.10. The fraction of sp³-hybridized carbons (Fsp3) is 0.588. The predicted molar refractivity (Wildman–Crippen MR) is 103 cm³/mol. The number of guanidine groups is 1. The van der Waals surface area contributed by atoms with Crippen molar-refractivity contribution in [1.82, 2.24) is 10.6 Å². The lowest BCUT2D eigenvalue weighted by Gasteiger charge is -2.11. The number of aryl methyl sites for hydroxylation is 1. The van der Waals surface area contributed by atoms with E-state index in [1.54, 1.807) is 0 Å². The summed E-state index contributed by atoms with van der Waals surface area (Å²) in [5, 5.41) is 6.74. The van der Waals surface area contributed by atoms with Gasteiger partial charge in [0.1, 0.15) is 5.75 Å². The summed E-state index contributed by atoms with van der Waals surface area (Å²) in [4.78, 5) is 4.59. The standard InChI is InChI=1S/C17H27N3O.HI/c1-4-18-17(20-16-12-14(16)3)19-10-5-11-21-15-8-6-13(2)7-9-15;/h6-9,14,16H,4-5,10-12H2,1-3H3,(H2,18,19,20);1H. The number of hydrogen-bond donors (Lipinski definition) is 2. The van der Waals surface area contributed by atoms with Crippen LogP contribution in [0.3, 0.4) is 0 Å². The summed E-state index contributed by atoms with van der Waals surface area (Å²) in [5.41, 5.74) is 1.25. The Morgan fingerprint density at radius 1 is 1.32 bits per heavy atom. The minimum atomic E-state index is 0. The van der Waals surface area contributed by atoms with Crippen LogP contribution < -0.4 is 15.4 Å². The quantitative estimate of drug-likeness (QED) is 0.310. The molecule has 2 atom stereocenters. The number of aliphatic imine (C=N–C) groups is 1. The molecule has 0 aliphatic heterocycles. The van der Waals surface area contributed by atoms with Gasteiger partial charge in [-0.25, -0.2) is 0 Å². The first-order chi connectivity index (χ1) is 10.2. The molecule has 0 amide bonds. The fourth-order valence-electron chi connectivity index (χ4n) is 2.10. The van der Waals surface area contributed by atoms with E-state index in [9.17, 15) is 0 Å². The maximum Gasteiger partial charge on any atom is 0.191 e. The van der Waals surface area contributed by atoms with Crippen molar-refractivity contribution in [2.24, 2.45) is 10.9 Å². The summed E-state index contributed by atoms with van der Waals surface area (Å²) in [5.74, 6) is 2.64. The molecule has 0 spiro atoms. The van der Waals surface area contributed by atoms with Gasteiger partial charge in [-0.15, -0.1) is 24.0 Å². The number of rotatable bonds is 7. The summed E-state index contributed by atoms with van der Waals surface area (Å²) in [6.45, 7) is 8.81. The first-order valence-corrected chi connectivity index (χ1v) is 7.93. The zero-order valence-corrected chi connectivity index (χ0v) is 16.1. The highest BCUT2D eigenvalue weighted by Gasteiger charge is 2.33. The Bertz CT molecular complexity index is 461. The first-order valence-electron chi connectivity index (χ1n) is 7.93. The van der Waals surface area contributed by atoms with Gasteiger partial charge in [-0.1, -0.05) is 24.6 Å². The molecule has 22 heavy (non-hydrogen) atoms. The lowest BCUT2D eigenvalue weighted by atomic mass is 10.2. The molecule has 1 saturated carbocycles. The van der Waals surface area contributed by atoms with Crippen molar-refractivity contribution in [3.8, 4) is 5.75 Å². The van der Waals surface area contributed by atoms with Crippen molar-refractivity contribution in [1.29, 1.82) is 0 Å². The minimum Gasteiger partial charge on any atom is -0.494 e. The van der Waals surface area contributed by atoms with Crippen LogP contribution in [0.25, 0.3) is 0 Å². The molecule has 0 saturated heterocycles. The van der Waals surface area contributed by atoms with Gasteiger partial charge in [0.15, 0.2) is 5.96 Å². The third-order valence-electron chi connectivity index (χ3n) is 3.64. The van der Waals surface area contributed by atoms with Crippen LogP contribution in [0.5, 0.6) is 5.75 Å². The number of nitrogens with one attached hydrogen (secondary N) is 2. The van der Waals surface area contributed by atoms with Crippen molar-refractivity contribution in [3.63, 3.8) is 0 Å². The van der Waals surface area contributed by atoms with Crippen molar-refractivity contribution in [2.75, 3.05) is 19.7 Å². The first kappa shape index (κ1) is 19.1. The Morgan fingerprint density at radius 2 is 2.00 bits per heavy atom. The van der Waals surface area contributed by atoms with Gasteiger partial charge in [-0.3, -0.25) is 4.99 Å². The Balaban J connectivity index is 0.00000242. The highest BCUT2D eigenvalue weighted by atomic mass is 127. The molecule has 0 heterocycles. The molecular formula is C17H28IN3O. The van der Waals surface area contributed by atoms with Gasteiger partial charge < -0.3 is 15.4 Å². The monoisotopic (exact) mass is 417 g/mol. The number of benzene rings is 1. The largest absolute Gasteiger partial charge is 0.494 e. The maximum atomic E-state index is 5.70. The number of nitrogens with zero attached hydrogens (tertiary/aromatic N) is 1. The third kappa shape index (κ3) is 6.85. The number of halogens is 1. The number of ether oxygens (including phenoxy) is 1. The van der Waals surface area contributed by atoms with Gasteiger partial charge in [0.25, 0.3) is 0 Å². The minimum absolute atomic E-state index is 0. The molecule has 1 aromatic carbocycles. The van der Waals surface area contributed by atoms with Gasteiger partial charge in [-0.05, 0) is 38.3 Å². The van der Waals surface area contributed by atoms with E-state index in [0.717, 1.165) is 37.1 Å². The topological polar surface area (TPSA) is 45.7 Å². The van der Waals surface area contributed by atoms with Crippen LogP contribution in [0, 0.1) is 12.8 Å². The van der Waals surface area contributed by atoms with Gasteiger partial charge in [0.2, 0.25) is 0 Å². The van der Waals surface area contributed by atoms with E-state index in [2.05, 4.69) is 48.5 Å². The molecule has 2 rings (SSSR count). The smallest absolute Gasteiger partial charge is 0.191 e. The second-order valence-corrected chi connectivity index (χ2v) is 5.74. The molecule has 4 nitrogen and oxygen atoms in total. The molecule has 0 radical (unpaired) electrons. The zero-order valence-electron chi connectivity index (χ0n) is 13.8. The van der Waals surface area contributed by atoms with Crippen molar-refractivity contribution in [3.05, 3.63) is 29.8 Å². The van der Waals surface area contributed by atoms with Crippen molar-refractivity contribution < 1.29 is 4.74 Å². The van der Waals surface area contributed by atoms with E-state index in [-0.39, 0.29) is 24.0 Å². The van der Waals surface area contributed by atoms with Crippen LogP contribution in [0.4, 0.5) is 0 Å². The second kappa shape index (κ2) is 9.92. The molecule has 1 fully saturated rings. The van der Waals surface area contributed by atoms with Crippen LogP contribution in [-0.4, -0.2) is 31.7 Å². The summed E-state index contributed by atoms with van der Waals surface area (Å²) in [6, 6.07) is 8.76. The summed E-state index contributed by atoms with van der Waals surface area (Å²) >= 11 is 0. The normalized spacial score (nSPS) is 20.0. The molecule has 1 aliphatic carbocycles. The average molecular weight is 417 g/mol. The third-order valence-corrected chi connectivity index (χ3v) is 3.64. The molecule has 2 unspecified atom stereocenters. The van der Waals surface area contributed by atoms with E-state index in [4.69, 9.17) is 4.74 Å².